The second-order valence-electron chi connectivity index (χ2n) is 7.97. The Morgan fingerprint density at radius 2 is 1.65 bits per heavy atom. The van der Waals surface area contributed by atoms with E-state index in [4.69, 9.17) is 4.74 Å². The molecule has 3 N–H and O–H groups in total. The largest absolute Gasteiger partial charge is 0.444 e. The number of ether oxygens (including phenoxy) is 1. The highest BCUT2D eigenvalue weighted by Crippen LogP contribution is 2.15. The van der Waals surface area contributed by atoms with Crippen molar-refractivity contribution >= 4 is 29.7 Å². The molecule has 2 rings (SSSR count). The summed E-state index contributed by atoms with van der Waals surface area (Å²) < 4.78 is 5.11. The van der Waals surface area contributed by atoms with E-state index in [1.54, 1.807) is 39.0 Å². The van der Waals surface area contributed by atoms with Gasteiger partial charge >= 0.3 is 6.09 Å². The minimum atomic E-state index is -0.663. The number of alkyl carbamates (subject to hydrolysis) is 1. The van der Waals surface area contributed by atoms with Gasteiger partial charge < -0.3 is 20.7 Å². The maximum Gasteiger partial charge on any atom is 0.408 e. The molecule has 0 spiro atoms. The molecule has 0 fully saturated rings. The van der Waals surface area contributed by atoms with Gasteiger partial charge in [0.1, 0.15) is 12.1 Å². The molecule has 2 aromatic carbocycles. The summed E-state index contributed by atoms with van der Waals surface area (Å²) in [5, 5.41) is 7.96. The number of para-hydroxylation sites is 1. The Kier molecular flexibility index (Phi) is 8.37. The zero-order valence-corrected chi connectivity index (χ0v) is 18.3. The SMILES string of the molecule is Cc1ccccc1/C=C/C(=O)NCc1ccccc1NC(=O)CNC(=O)OC(C)(C)C. The predicted octanol–water partition coefficient (Wildman–Crippen LogP) is 3.79. The number of nitrogens with one attached hydrogen (secondary N) is 3. The number of carbonyl (C=O) groups excluding carboxylic acids is 3. The molecule has 0 bridgehead atoms. The highest BCUT2D eigenvalue weighted by atomic mass is 16.6. The summed E-state index contributed by atoms with van der Waals surface area (Å²) >= 11 is 0. The third-order valence-electron chi connectivity index (χ3n) is 4.14. The van der Waals surface area contributed by atoms with Crippen molar-refractivity contribution in [1.82, 2.24) is 10.6 Å². The molecule has 7 heteroatoms. The normalized spacial score (nSPS) is 11.1. The lowest BCUT2D eigenvalue weighted by molar-refractivity contribution is -0.116. The molecule has 0 radical (unpaired) electrons. The van der Waals surface area contributed by atoms with Gasteiger partial charge in [0.2, 0.25) is 11.8 Å². The number of rotatable bonds is 7. The van der Waals surface area contributed by atoms with E-state index in [1.807, 2.05) is 43.3 Å². The fraction of sp³-hybridized carbons (Fsp3) is 0.292. The first kappa shape index (κ1) is 23.7. The van der Waals surface area contributed by atoms with Crippen LogP contribution < -0.4 is 16.0 Å². The monoisotopic (exact) mass is 423 g/mol. The van der Waals surface area contributed by atoms with Gasteiger partial charge in [-0.1, -0.05) is 42.5 Å². The van der Waals surface area contributed by atoms with Gasteiger partial charge in [0.05, 0.1) is 0 Å². The average Bonchev–Trinajstić information content (AvgIpc) is 2.70. The van der Waals surface area contributed by atoms with Crippen molar-refractivity contribution in [2.75, 3.05) is 11.9 Å². The minimum absolute atomic E-state index is 0.227. The molecule has 164 valence electrons. The van der Waals surface area contributed by atoms with Gasteiger partial charge in [-0.2, -0.15) is 0 Å². The lowest BCUT2D eigenvalue weighted by atomic mass is 10.1. The minimum Gasteiger partial charge on any atom is -0.444 e. The number of hydrogen-bond acceptors (Lipinski definition) is 4. The number of anilines is 1. The van der Waals surface area contributed by atoms with E-state index >= 15 is 0 Å². The molecule has 0 atom stereocenters. The lowest BCUT2D eigenvalue weighted by Crippen LogP contribution is -2.37. The summed E-state index contributed by atoms with van der Waals surface area (Å²) in [6.45, 7) is 7.23. The zero-order chi connectivity index (χ0) is 22.9. The number of amides is 3. The van der Waals surface area contributed by atoms with Crippen molar-refractivity contribution in [2.45, 2.75) is 39.8 Å². The third-order valence-corrected chi connectivity index (χ3v) is 4.14. The van der Waals surface area contributed by atoms with E-state index in [0.29, 0.717) is 5.69 Å². The number of aryl methyl sites for hydroxylation is 1. The van der Waals surface area contributed by atoms with Crippen molar-refractivity contribution in [3.8, 4) is 0 Å². The molecule has 31 heavy (non-hydrogen) atoms. The number of hydrogen-bond donors (Lipinski definition) is 3. The number of benzene rings is 2. The summed E-state index contributed by atoms with van der Waals surface area (Å²) in [5.74, 6) is -0.639. The van der Waals surface area contributed by atoms with Gasteiger partial charge in [0, 0.05) is 18.3 Å². The van der Waals surface area contributed by atoms with Crippen molar-refractivity contribution in [3.05, 3.63) is 71.3 Å². The van der Waals surface area contributed by atoms with Crippen LogP contribution in [0.3, 0.4) is 0 Å². The summed E-state index contributed by atoms with van der Waals surface area (Å²) in [4.78, 5) is 36.0. The van der Waals surface area contributed by atoms with Crippen LogP contribution in [0.1, 0.15) is 37.5 Å². The van der Waals surface area contributed by atoms with Crippen LogP contribution in [-0.2, 0) is 20.9 Å². The second kappa shape index (κ2) is 11.0. The molecule has 0 saturated heterocycles. The van der Waals surface area contributed by atoms with E-state index < -0.39 is 17.6 Å². The lowest BCUT2D eigenvalue weighted by Gasteiger charge is -2.19. The molecule has 0 saturated carbocycles. The summed E-state index contributed by atoms with van der Waals surface area (Å²) in [6, 6.07) is 14.9. The molecular formula is C24H29N3O4. The predicted molar refractivity (Wildman–Crippen MR) is 121 cm³/mol. The van der Waals surface area contributed by atoms with E-state index in [-0.39, 0.29) is 19.0 Å². The Labute approximate surface area is 182 Å². The fourth-order valence-electron chi connectivity index (χ4n) is 2.64. The molecule has 0 aliphatic rings. The molecule has 7 nitrogen and oxygen atoms in total. The Hall–Kier alpha value is -3.61. The van der Waals surface area contributed by atoms with Crippen LogP contribution in [0.4, 0.5) is 10.5 Å². The maximum atomic E-state index is 12.2. The van der Waals surface area contributed by atoms with Gasteiger partial charge in [0.15, 0.2) is 0 Å². The van der Waals surface area contributed by atoms with E-state index in [1.165, 1.54) is 6.08 Å². The van der Waals surface area contributed by atoms with Gasteiger partial charge in [-0.05, 0) is 56.5 Å². The first-order valence-corrected chi connectivity index (χ1v) is 10.0. The highest BCUT2D eigenvalue weighted by Gasteiger charge is 2.17. The topological polar surface area (TPSA) is 96.5 Å². The van der Waals surface area contributed by atoms with Crippen LogP contribution in [0.5, 0.6) is 0 Å². The Morgan fingerprint density at radius 1 is 0.968 bits per heavy atom. The smallest absolute Gasteiger partial charge is 0.408 e. The van der Waals surface area contributed by atoms with Crippen molar-refractivity contribution in [3.63, 3.8) is 0 Å². The van der Waals surface area contributed by atoms with Crippen molar-refractivity contribution in [1.29, 1.82) is 0 Å². The summed E-state index contributed by atoms with van der Waals surface area (Å²) in [5.41, 5.74) is 2.72. The molecular weight excluding hydrogens is 394 g/mol. The van der Waals surface area contributed by atoms with E-state index in [2.05, 4.69) is 16.0 Å². The van der Waals surface area contributed by atoms with Crippen LogP contribution >= 0.6 is 0 Å². The standard InChI is InChI=1S/C24H29N3O4/c1-17-9-5-6-10-18(17)13-14-21(28)25-15-19-11-7-8-12-20(19)27-22(29)16-26-23(30)31-24(2,3)4/h5-14H,15-16H2,1-4H3,(H,25,28)(H,26,30)(H,27,29)/b14-13+. The first-order valence-electron chi connectivity index (χ1n) is 10.0. The molecule has 2 aromatic rings. The summed E-state index contributed by atoms with van der Waals surface area (Å²) in [7, 11) is 0. The molecule has 0 aliphatic carbocycles. The third kappa shape index (κ3) is 8.74. The van der Waals surface area contributed by atoms with E-state index in [9.17, 15) is 14.4 Å². The van der Waals surface area contributed by atoms with Gasteiger partial charge in [0.25, 0.3) is 0 Å². The second-order valence-corrected chi connectivity index (χ2v) is 7.97. The Bertz CT molecular complexity index is 961. The molecule has 0 aliphatic heterocycles. The van der Waals surface area contributed by atoms with Crippen LogP contribution in [-0.4, -0.2) is 30.1 Å². The number of carbonyl (C=O) groups is 3. The molecule has 0 aromatic heterocycles. The maximum absolute atomic E-state index is 12.2. The Balaban J connectivity index is 1.88. The van der Waals surface area contributed by atoms with Gasteiger partial charge in [-0.25, -0.2) is 4.79 Å². The quantitative estimate of drug-likeness (QED) is 0.591. The molecule has 3 amide bonds. The highest BCUT2D eigenvalue weighted by molar-refractivity contribution is 5.95. The summed E-state index contributed by atoms with van der Waals surface area (Å²) in [6.07, 6.45) is 2.58. The van der Waals surface area contributed by atoms with Crippen LogP contribution in [0.25, 0.3) is 6.08 Å². The first-order chi connectivity index (χ1) is 14.6. The van der Waals surface area contributed by atoms with Crippen LogP contribution in [0.15, 0.2) is 54.6 Å². The molecule has 0 unspecified atom stereocenters. The van der Waals surface area contributed by atoms with Crippen molar-refractivity contribution < 1.29 is 19.1 Å². The van der Waals surface area contributed by atoms with Gasteiger partial charge in [-0.15, -0.1) is 0 Å². The average molecular weight is 424 g/mol. The van der Waals surface area contributed by atoms with E-state index in [0.717, 1.165) is 16.7 Å². The molecule has 0 heterocycles. The zero-order valence-electron chi connectivity index (χ0n) is 18.3. The Morgan fingerprint density at radius 3 is 2.35 bits per heavy atom. The van der Waals surface area contributed by atoms with Gasteiger partial charge in [-0.3, -0.25) is 9.59 Å². The fourth-order valence-corrected chi connectivity index (χ4v) is 2.64. The van der Waals surface area contributed by atoms with Crippen molar-refractivity contribution in [2.24, 2.45) is 0 Å². The van der Waals surface area contributed by atoms with Crippen LogP contribution in [0, 0.1) is 6.92 Å². The van der Waals surface area contributed by atoms with Crippen LogP contribution in [0.2, 0.25) is 0 Å².